The molecule has 154 valence electrons. The molecule has 0 spiro atoms. The van der Waals surface area contributed by atoms with Gasteiger partial charge in [0.1, 0.15) is 5.01 Å². The number of aromatic nitrogens is 1. The van der Waals surface area contributed by atoms with Crippen molar-refractivity contribution in [2.45, 2.75) is 45.7 Å². The van der Waals surface area contributed by atoms with Crippen LogP contribution in [0.3, 0.4) is 0 Å². The van der Waals surface area contributed by atoms with Gasteiger partial charge in [-0.15, -0.1) is 35.3 Å². The molecular weight excluding hydrogens is 475 g/mol. The minimum Gasteiger partial charge on any atom is -0.357 e. The lowest BCUT2D eigenvalue weighted by Gasteiger charge is -2.26. The zero-order valence-electron chi connectivity index (χ0n) is 16.8. The standard InChI is InChI=1S/C18H32N6OS.HI/c1-5-19-18(22-13-16-21-12-14(2)26-16)20-9-7-11-24-10-6-8-15(24)17(25)23(3)4;/h12,15H,5-11,13H2,1-4H3,(H2,19,20,22);1H. The molecule has 0 bridgehead atoms. The van der Waals surface area contributed by atoms with E-state index in [9.17, 15) is 4.79 Å². The SMILES string of the molecule is CCNC(=NCc1ncc(C)s1)NCCCN1CCCC1C(=O)N(C)C.I. The number of carbonyl (C=O) groups excluding carboxylic acids is 1. The molecule has 1 fully saturated rings. The molecule has 9 heteroatoms. The van der Waals surface area contributed by atoms with Gasteiger partial charge in [-0.2, -0.15) is 0 Å². The smallest absolute Gasteiger partial charge is 0.239 e. The van der Waals surface area contributed by atoms with Crippen LogP contribution in [-0.2, 0) is 11.3 Å². The molecule has 0 saturated carbocycles. The van der Waals surface area contributed by atoms with Gasteiger partial charge in [-0.25, -0.2) is 9.98 Å². The molecule has 0 radical (unpaired) electrons. The largest absolute Gasteiger partial charge is 0.357 e. The third-order valence-electron chi connectivity index (χ3n) is 4.39. The van der Waals surface area contributed by atoms with Crippen LogP contribution in [0, 0.1) is 6.92 Å². The Morgan fingerprint density at radius 1 is 1.44 bits per heavy atom. The van der Waals surface area contributed by atoms with Crippen molar-refractivity contribution < 1.29 is 4.79 Å². The Morgan fingerprint density at radius 2 is 2.22 bits per heavy atom. The molecule has 7 nitrogen and oxygen atoms in total. The van der Waals surface area contributed by atoms with E-state index >= 15 is 0 Å². The summed E-state index contributed by atoms with van der Waals surface area (Å²) in [6, 6.07) is 0.0556. The van der Waals surface area contributed by atoms with Crippen molar-refractivity contribution in [2.24, 2.45) is 4.99 Å². The van der Waals surface area contributed by atoms with Gasteiger partial charge in [0.2, 0.25) is 5.91 Å². The first-order valence-electron chi connectivity index (χ1n) is 9.40. The summed E-state index contributed by atoms with van der Waals surface area (Å²) in [5.74, 6) is 1.05. The average Bonchev–Trinajstić information content (AvgIpc) is 3.24. The molecular formula is C18H33IN6OS. The van der Waals surface area contributed by atoms with E-state index in [1.54, 1.807) is 16.2 Å². The van der Waals surface area contributed by atoms with Gasteiger partial charge < -0.3 is 15.5 Å². The lowest BCUT2D eigenvalue weighted by atomic mass is 10.2. The van der Waals surface area contributed by atoms with Crippen molar-refractivity contribution >= 4 is 47.2 Å². The predicted molar refractivity (Wildman–Crippen MR) is 123 cm³/mol. The topological polar surface area (TPSA) is 72.9 Å². The Kier molecular flexibility index (Phi) is 11.2. The van der Waals surface area contributed by atoms with Gasteiger partial charge >= 0.3 is 0 Å². The van der Waals surface area contributed by atoms with E-state index in [4.69, 9.17) is 0 Å². The van der Waals surface area contributed by atoms with Crippen LogP contribution >= 0.6 is 35.3 Å². The van der Waals surface area contributed by atoms with Crippen molar-refractivity contribution in [1.82, 2.24) is 25.4 Å². The maximum absolute atomic E-state index is 12.2. The first kappa shape index (κ1) is 24.1. The maximum Gasteiger partial charge on any atom is 0.239 e. The molecule has 1 aliphatic rings. The fourth-order valence-electron chi connectivity index (χ4n) is 3.12. The summed E-state index contributed by atoms with van der Waals surface area (Å²) in [7, 11) is 3.67. The van der Waals surface area contributed by atoms with Crippen LogP contribution in [0.2, 0.25) is 0 Å². The molecule has 27 heavy (non-hydrogen) atoms. The van der Waals surface area contributed by atoms with Crippen LogP contribution < -0.4 is 10.6 Å². The maximum atomic E-state index is 12.2. The molecule has 2 heterocycles. The van der Waals surface area contributed by atoms with Crippen LogP contribution in [0.5, 0.6) is 0 Å². The number of likely N-dealkylation sites (N-methyl/N-ethyl adjacent to an activating group) is 1. The number of carbonyl (C=O) groups is 1. The molecule has 1 aromatic heterocycles. The lowest BCUT2D eigenvalue weighted by molar-refractivity contribution is -0.133. The summed E-state index contributed by atoms with van der Waals surface area (Å²) >= 11 is 1.68. The molecule has 0 aliphatic carbocycles. The van der Waals surface area contributed by atoms with Gasteiger partial charge in [-0.3, -0.25) is 9.69 Å². The van der Waals surface area contributed by atoms with Crippen molar-refractivity contribution in [3.63, 3.8) is 0 Å². The minimum atomic E-state index is 0. The third-order valence-corrected chi connectivity index (χ3v) is 5.29. The molecule has 2 N–H and O–H groups in total. The Morgan fingerprint density at radius 3 is 2.85 bits per heavy atom. The Bertz CT molecular complexity index is 606. The number of amides is 1. The fraction of sp³-hybridized carbons (Fsp3) is 0.722. The van der Waals surface area contributed by atoms with E-state index in [1.165, 1.54) is 4.88 Å². The summed E-state index contributed by atoms with van der Waals surface area (Å²) in [5.41, 5.74) is 0. The molecule has 1 aliphatic heterocycles. The number of guanidine groups is 1. The van der Waals surface area contributed by atoms with E-state index in [1.807, 2.05) is 20.3 Å². The quantitative estimate of drug-likeness (QED) is 0.244. The number of rotatable bonds is 8. The molecule has 1 saturated heterocycles. The monoisotopic (exact) mass is 508 g/mol. The van der Waals surface area contributed by atoms with Crippen LogP contribution in [0.25, 0.3) is 0 Å². The highest BCUT2D eigenvalue weighted by Gasteiger charge is 2.30. The number of hydrogen-bond donors (Lipinski definition) is 2. The van der Waals surface area contributed by atoms with Gasteiger partial charge in [0.05, 0.1) is 12.6 Å². The highest BCUT2D eigenvalue weighted by Crippen LogP contribution is 2.18. The van der Waals surface area contributed by atoms with Gasteiger partial charge in [-0.05, 0) is 39.7 Å². The first-order valence-corrected chi connectivity index (χ1v) is 10.2. The van der Waals surface area contributed by atoms with Gasteiger partial charge in [-0.1, -0.05) is 0 Å². The number of hydrogen-bond acceptors (Lipinski definition) is 5. The summed E-state index contributed by atoms with van der Waals surface area (Å²) in [6.45, 7) is 8.33. The fourth-order valence-corrected chi connectivity index (χ4v) is 3.83. The van der Waals surface area contributed by atoms with E-state index in [-0.39, 0.29) is 35.9 Å². The number of nitrogens with zero attached hydrogens (tertiary/aromatic N) is 4. The molecule has 1 aromatic rings. The van der Waals surface area contributed by atoms with E-state index in [0.29, 0.717) is 6.54 Å². The normalized spacial score (nSPS) is 17.5. The van der Waals surface area contributed by atoms with Crippen molar-refractivity contribution in [2.75, 3.05) is 40.3 Å². The number of thiazole rings is 1. The molecule has 1 unspecified atom stereocenters. The van der Waals surface area contributed by atoms with Gasteiger partial charge in [0.15, 0.2) is 5.96 Å². The first-order chi connectivity index (χ1) is 12.5. The van der Waals surface area contributed by atoms with E-state index in [0.717, 1.165) is 56.4 Å². The molecule has 1 atom stereocenters. The van der Waals surface area contributed by atoms with Gasteiger partial charge in [0.25, 0.3) is 0 Å². The predicted octanol–water partition coefficient (Wildman–Crippen LogP) is 2.07. The summed E-state index contributed by atoms with van der Waals surface area (Å²) in [5, 5.41) is 7.68. The lowest BCUT2D eigenvalue weighted by Crippen LogP contribution is -2.44. The van der Waals surface area contributed by atoms with E-state index < -0.39 is 0 Å². The van der Waals surface area contributed by atoms with E-state index in [2.05, 4.69) is 39.4 Å². The van der Waals surface area contributed by atoms with Crippen LogP contribution in [0.1, 0.15) is 36.1 Å². The third kappa shape index (κ3) is 7.90. The number of likely N-dealkylation sites (tertiary alicyclic amines) is 1. The zero-order valence-corrected chi connectivity index (χ0v) is 20.0. The molecule has 0 aromatic carbocycles. The highest BCUT2D eigenvalue weighted by atomic mass is 127. The second kappa shape index (κ2) is 12.5. The number of nitrogens with one attached hydrogen (secondary N) is 2. The molecule has 2 rings (SSSR count). The number of aliphatic imine (C=N–C) groups is 1. The second-order valence-electron chi connectivity index (χ2n) is 6.77. The summed E-state index contributed by atoms with van der Waals surface area (Å²) < 4.78 is 0. The number of aryl methyl sites for hydroxylation is 1. The Labute approximate surface area is 184 Å². The summed E-state index contributed by atoms with van der Waals surface area (Å²) in [4.78, 5) is 26.4. The van der Waals surface area contributed by atoms with Crippen LogP contribution in [0.4, 0.5) is 0 Å². The highest BCUT2D eigenvalue weighted by molar-refractivity contribution is 14.0. The van der Waals surface area contributed by atoms with Crippen LogP contribution in [0.15, 0.2) is 11.2 Å². The van der Waals surface area contributed by atoms with Crippen LogP contribution in [-0.4, -0.2) is 73.0 Å². The van der Waals surface area contributed by atoms with Crippen molar-refractivity contribution in [1.29, 1.82) is 0 Å². The molecule has 1 amide bonds. The minimum absolute atomic E-state index is 0. The second-order valence-corrected chi connectivity index (χ2v) is 8.09. The van der Waals surface area contributed by atoms with Crippen molar-refractivity contribution in [3.05, 3.63) is 16.1 Å². The Balaban J connectivity index is 0.00000364. The number of halogens is 1. The average molecular weight is 508 g/mol. The van der Waals surface area contributed by atoms with Crippen molar-refractivity contribution in [3.8, 4) is 0 Å². The Hall–Kier alpha value is -0.940. The van der Waals surface area contributed by atoms with Gasteiger partial charge in [0, 0.05) is 44.8 Å². The summed E-state index contributed by atoms with van der Waals surface area (Å²) in [6.07, 6.45) is 4.95. The zero-order chi connectivity index (χ0) is 18.9.